The number of nitrogens with zero attached hydrogens (tertiary/aromatic N) is 3. The second-order valence-electron chi connectivity index (χ2n) is 9.09. The molecule has 1 saturated carbocycles. The molecule has 176 valence electrons. The Bertz CT molecular complexity index is 828. The third-order valence-electron chi connectivity index (χ3n) is 7.35. The first-order valence-corrected chi connectivity index (χ1v) is 11.5. The minimum absolute atomic E-state index is 0.0239. The SMILES string of the molecule is COc1nc2c(cc1C(=O)N1C[C@H]3C[C@@H](N4CCOCC4)[C@H](O)C[C@H]3C1)CCC2.O=CO. The van der Waals surface area contributed by atoms with E-state index in [1.807, 2.05) is 11.0 Å². The summed E-state index contributed by atoms with van der Waals surface area (Å²) in [5.41, 5.74) is 2.86. The molecule has 4 atom stereocenters. The monoisotopic (exact) mass is 447 g/mol. The highest BCUT2D eigenvalue weighted by atomic mass is 16.5. The molecule has 5 rings (SSSR count). The van der Waals surface area contributed by atoms with Crippen molar-refractivity contribution in [1.29, 1.82) is 0 Å². The quantitative estimate of drug-likeness (QED) is 0.655. The van der Waals surface area contributed by atoms with E-state index in [-0.39, 0.29) is 24.5 Å². The average Bonchev–Trinajstić information content (AvgIpc) is 3.44. The zero-order valence-electron chi connectivity index (χ0n) is 18.6. The van der Waals surface area contributed by atoms with Gasteiger partial charge in [0.15, 0.2) is 0 Å². The van der Waals surface area contributed by atoms with Gasteiger partial charge in [0, 0.05) is 37.9 Å². The van der Waals surface area contributed by atoms with Crippen molar-refractivity contribution < 1.29 is 29.3 Å². The molecule has 2 N–H and O–H groups in total. The Morgan fingerprint density at radius 2 is 1.91 bits per heavy atom. The Labute approximate surface area is 188 Å². The molecular formula is C23H33N3O6. The number of aryl methyl sites for hydroxylation is 2. The third kappa shape index (κ3) is 4.60. The van der Waals surface area contributed by atoms with Crippen LogP contribution in [0, 0.1) is 11.8 Å². The summed E-state index contributed by atoms with van der Waals surface area (Å²) in [6, 6.07) is 2.19. The fourth-order valence-corrected chi connectivity index (χ4v) is 5.81. The Balaban J connectivity index is 0.000000775. The first-order chi connectivity index (χ1) is 15.5. The van der Waals surface area contributed by atoms with Crippen LogP contribution in [-0.4, -0.2) is 96.0 Å². The van der Waals surface area contributed by atoms with E-state index in [0.717, 1.165) is 77.2 Å². The van der Waals surface area contributed by atoms with Crippen LogP contribution in [0.5, 0.6) is 5.88 Å². The molecule has 0 bridgehead atoms. The van der Waals surface area contributed by atoms with Crippen molar-refractivity contribution in [3.63, 3.8) is 0 Å². The number of aliphatic hydroxyl groups excluding tert-OH is 1. The Morgan fingerprint density at radius 1 is 1.22 bits per heavy atom. The Hall–Kier alpha value is -2.23. The van der Waals surface area contributed by atoms with Crippen molar-refractivity contribution in [2.45, 2.75) is 44.2 Å². The zero-order valence-corrected chi connectivity index (χ0v) is 18.6. The first kappa shape index (κ1) is 22.9. The Kier molecular flexibility index (Phi) is 7.27. The molecule has 0 unspecified atom stereocenters. The molecular weight excluding hydrogens is 414 g/mol. The lowest BCUT2D eigenvalue weighted by Gasteiger charge is -2.43. The van der Waals surface area contributed by atoms with Gasteiger partial charge in [-0.15, -0.1) is 0 Å². The molecule has 3 fully saturated rings. The number of morpholine rings is 1. The third-order valence-corrected chi connectivity index (χ3v) is 7.35. The molecule has 3 heterocycles. The van der Waals surface area contributed by atoms with Crippen molar-refractivity contribution in [3.8, 4) is 5.88 Å². The van der Waals surface area contributed by atoms with Crippen LogP contribution in [0.25, 0.3) is 0 Å². The van der Waals surface area contributed by atoms with Gasteiger partial charge < -0.3 is 24.6 Å². The summed E-state index contributed by atoms with van der Waals surface area (Å²) in [5.74, 6) is 1.30. The summed E-state index contributed by atoms with van der Waals surface area (Å²) in [6.07, 6.45) is 4.46. The first-order valence-electron chi connectivity index (χ1n) is 11.5. The van der Waals surface area contributed by atoms with Gasteiger partial charge in [0.25, 0.3) is 12.4 Å². The molecule has 1 aromatic heterocycles. The van der Waals surface area contributed by atoms with Crippen LogP contribution in [0.15, 0.2) is 6.07 Å². The summed E-state index contributed by atoms with van der Waals surface area (Å²) < 4.78 is 10.9. The average molecular weight is 448 g/mol. The Morgan fingerprint density at radius 3 is 2.59 bits per heavy atom. The highest BCUT2D eigenvalue weighted by molar-refractivity contribution is 5.97. The van der Waals surface area contributed by atoms with E-state index in [0.29, 0.717) is 23.3 Å². The standard InChI is InChI=1S/C22H31N3O4.CH2O2/c1-28-21-17(9-14-3-2-4-18(14)23-21)22(27)25-12-15-10-19(20(26)11-16(15)13-25)24-5-7-29-8-6-24;2-1-3/h9,15-16,19-20,26H,2-8,10-13H2,1H3;1H,(H,2,3)/t15-,16+,19-,20-;/m1./s1. The van der Waals surface area contributed by atoms with Crippen LogP contribution in [0.1, 0.15) is 40.9 Å². The fourth-order valence-electron chi connectivity index (χ4n) is 5.81. The number of rotatable bonds is 3. The van der Waals surface area contributed by atoms with E-state index in [4.69, 9.17) is 19.4 Å². The fraction of sp³-hybridized carbons (Fsp3) is 0.696. The summed E-state index contributed by atoms with van der Waals surface area (Å²) in [5, 5.41) is 17.7. The number of fused-ring (bicyclic) bond motifs is 2. The number of carbonyl (C=O) groups excluding carboxylic acids is 1. The topological polar surface area (TPSA) is 112 Å². The van der Waals surface area contributed by atoms with Crippen LogP contribution in [0.4, 0.5) is 0 Å². The highest BCUT2D eigenvalue weighted by Crippen LogP contribution is 2.39. The second kappa shape index (κ2) is 10.1. The number of carboxylic acid groups (broad SMARTS) is 1. The van der Waals surface area contributed by atoms with Gasteiger partial charge in [0.2, 0.25) is 5.88 Å². The van der Waals surface area contributed by atoms with Gasteiger partial charge in [-0.05, 0) is 55.6 Å². The van der Waals surface area contributed by atoms with Gasteiger partial charge in [0.05, 0.1) is 26.4 Å². The number of pyridine rings is 1. The van der Waals surface area contributed by atoms with Gasteiger partial charge in [-0.2, -0.15) is 0 Å². The second-order valence-corrected chi connectivity index (χ2v) is 9.09. The van der Waals surface area contributed by atoms with Crippen molar-refractivity contribution in [3.05, 3.63) is 22.9 Å². The van der Waals surface area contributed by atoms with Crippen LogP contribution < -0.4 is 4.74 Å². The van der Waals surface area contributed by atoms with Crippen molar-refractivity contribution >= 4 is 12.4 Å². The number of ether oxygens (including phenoxy) is 2. The van der Waals surface area contributed by atoms with Gasteiger partial charge in [-0.3, -0.25) is 14.5 Å². The molecule has 0 radical (unpaired) electrons. The summed E-state index contributed by atoms with van der Waals surface area (Å²) in [7, 11) is 1.59. The molecule has 1 amide bonds. The lowest BCUT2D eigenvalue weighted by Crippen LogP contribution is -2.53. The minimum atomic E-state index is -0.319. The van der Waals surface area contributed by atoms with Crippen LogP contribution in [0.2, 0.25) is 0 Å². The van der Waals surface area contributed by atoms with E-state index < -0.39 is 0 Å². The summed E-state index contributed by atoms with van der Waals surface area (Å²) in [6.45, 7) is 4.49. The van der Waals surface area contributed by atoms with Gasteiger partial charge in [-0.25, -0.2) is 4.98 Å². The molecule has 1 aromatic rings. The van der Waals surface area contributed by atoms with Crippen molar-refractivity contribution in [1.82, 2.24) is 14.8 Å². The number of aliphatic hydroxyl groups is 1. The normalized spacial score (nSPS) is 29.5. The largest absolute Gasteiger partial charge is 0.483 e. The number of hydrogen-bond donors (Lipinski definition) is 2. The van der Waals surface area contributed by atoms with Gasteiger partial charge in [-0.1, -0.05) is 0 Å². The number of methoxy groups -OCH3 is 1. The molecule has 0 spiro atoms. The number of aromatic nitrogens is 1. The molecule has 2 aliphatic heterocycles. The van der Waals surface area contributed by atoms with Crippen LogP contribution >= 0.6 is 0 Å². The van der Waals surface area contributed by atoms with E-state index in [9.17, 15) is 9.90 Å². The van der Waals surface area contributed by atoms with Crippen LogP contribution in [0.3, 0.4) is 0 Å². The number of amides is 1. The minimum Gasteiger partial charge on any atom is -0.483 e. The molecule has 2 aliphatic carbocycles. The van der Waals surface area contributed by atoms with E-state index >= 15 is 0 Å². The smallest absolute Gasteiger partial charge is 0.290 e. The lowest BCUT2D eigenvalue weighted by atomic mass is 9.77. The van der Waals surface area contributed by atoms with Crippen LogP contribution in [-0.2, 0) is 22.4 Å². The highest BCUT2D eigenvalue weighted by Gasteiger charge is 2.45. The predicted molar refractivity (Wildman–Crippen MR) is 116 cm³/mol. The van der Waals surface area contributed by atoms with Gasteiger partial charge >= 0.3 is 0 Å². The summed E-state index contributed by atoms with van der Waals surface area (Å²) in [4.78, 5) is 30.7. The van der Waals surface area contributed by atoms with E-state index in [2.05, 4.69) is 9.88 Å². The summed E-state index contributed by atoms with van der Waals surface area (Å²) >= 11 is 0. The maximum Gasteiger partial charge on any atom is 0.290 e. The van der Waals surface area contributed by atoms with E-state index in [1.54, 1.807) is 7.11 Å². The predicted octanol–water partition coefficient (Wildman–Crippen LogP) is 0.823. The molecule has 9 nitrogen and oxygen atoms in total. The van der Waals surface area contributed by atoms with Crippen molar-refractivity contribution in [2.75, 3.05) is 46.5 Å². The lowest BCUT2D eigenvalue weighted by molar-refractivity contribution is -0.122. The van der Waals surface area contributed by atoms with E-state index in [1.165, 1.54) is 5.56 Å². The number of hydrogen-bond acceptors (Lipinski definition) is 7. The zero-order chi connectivity index (χ0) is 22.7. The maximum atomic E-state index is 13.4. The van der Waals surface area contributed by atoms with Gasteiger partial charge in [0.1, 0.15) is 5.56 Å². The molecule has 2 saturated heterocycles. The van der Waals surface area contributed by atoms with Crippen molar-refractivity contribution in [2.24, 2.45) is 11.8 Å². The number of carbonyl (C=O) groups is 2. The number of likely N-dealkylation sites (tertiary alicyclic amines) is 1. The maximum absolute atomic E-state index is 13.4. The molecule has 9 heteroatoms. The molecule has 4 aliphatic rings. The molecule has 0 aromatic carbocycles. The molecule has 32 heavy (non-hydrogen) atoms.